The van der Waals surface area contributed by atoms with Gasteiger partial charge < -0.3 is 10.8 Å². The number of hydrogen-bond donors (Lipinski definition) is 2. The van der Waals surface area contributed by atoms with Gasteiger partial charge in [0, 0.05) is 23.1 Å². The second-order valence-electron chi connectivity index (χ2n) is 4.77. The van der Waals surface area contributed by atoms with Crippen LogP contribution in [-0.2, 0) is 0 Å². The van der Waals surface area contributed by atoms with E-state index in [2.05, 4.69) is 11.8 Å². The molecule has 3 N–H and O–H groups in total. The summed E-state index contributed by atoms with van der Waals surface area (Å²) in [6.07, 6.45) is 0.875. The number of halogens is 1. The average Bonchev–Trinajstić information content (AvgIpc) is 2.37. The molecular weight excluding hydrogens is 248 g/mol. The van der Waals surface area contributed by atoms with Crippen molar-refractivity contribution in [3.05, 3.63) is 34.9 Å². The molecule has 0 heterocycles. The van der Waals surface area contributed by atoms with Crippen LogP contribution in [-0.4, -0.2) is 35.7 Å². The van der Waals surface area contributed by atoms with Crippen molar-refractivity contribution >= 4 is 11.6 Å². The van der Waals surface area contributed by atoms with E-state index in [1.807, 2.05) is 38.2 Å². The zero-order valence-corrected chi connectivity index (χ0v) is 12.1. The predicted octanol–water partition coefficient (Wildman–Crippen LogP) is 2.43. The topological polar surface area (TPSA) is 49.5 Å². The lowest BCUT2D eigenvalue weighted by Crippen LogP contribution is -2.44. The first-order valence-electron chi connectivity index (χ1n) is 6.35. The van der Waals surface area contributed by atoms with Gasteiger partial charge in [0.1, 0.15) is 0 Å². The van der Waals surface area contributed by atoms with Gasteiger partial charge in [-0.3, -0.25) is 4.90 Å². The summed E-state index contributed by atoms with van der Waals surface area (Å²) < 4.78 is 0. The molecule has 3 nitrogen and oxygen atoms in total. The maximum absolute atomic E-state index is 9.30. The summed E-state index contributed by atoms with van der Waals surface area (Å²) in [5, 5.41) is 10.0. The molecule has 0 aromatic heterocycles. The second-order valence-corrected chi connectivity index (χ2v) is 5.21. The Kier molecular flexibility index (Phi) is 6.09. The third kappa shape index (κ3) is 3.69. The standard InChI is InChI=1S/C14H23ClN2O/c1-4-13(16)14(17(3)10(2)9-18)11-6-5-7-12(15)8-11/h5-8,10,13-14,18H,4,9,16H2,1-3H3. The summed E-state index contributed by atoms with van der Waals surface area (Å²) in [5.74, 6) is 0. The molecule has 0 radical (unpaired) electrons. The number of benzene rings is 1. The van der Waals surface area contributed by atoms with Gasteiger partial charge >= 0.3 is 0 Å². The van der Waals surface area contributed by atoms with Gasteiger partial charge in [0.05, 0.1) is 6.61 Å². The summed E-state index contributed by atoms with van der Waals surface area (Å²) in [5.41, 5.74) is 7.32. The predicted molar refractivity (Wildman–Crippen MR) is 76.8 cm³/mol. The van der Waals surface area contributed by atoms with Crippen LogP contribution in [0.25, 0.3) is 0 Å². The SMILES string of the molecule is CCC(N)C(c1cccc(Cl)c1)N(C)C(C)CO. The number of aliphatic hydroxyl groups excluding tert-OH is 1. The van der Waals surface area contributed by atoms with Gasteiger partial charge in [-0.25, -0.2) is 0 Å². The maximum Gasteiger partial charge on any atom is 0.0584 e. The monoisotopic (exact) mass is 270 g/mol. The third-order valence-electron chi connectivity index (χ3n) is 3.47. The fourth-order valence-corrected chi connectivity index (χ4v) is 2.30. The van der Waals surface area contributed by atoms with Crippen LogP contribution in [0.4, 0.5) is 0 Å². The first kappa shape index (κ1) is 15.4. The van der Waals surface area contributed by atoms with Crippen LogP contribution in [0.2, 0.25) is 5.02 Å². The van der Waals surface area contributed by atoms with Crippen molar-refractivity contribution in [2.45, 2.75) is 38.4 Å². The van der Waals surface area contributed by atoms with E-state index in [0.29, 0.717) is 5.02 Å². The van der Waals surface area contributed by atoms with E-state index < -0.39 is 0 Å². The van der Waals surface area contributed by atoms with Crippen LogP contribution in [0.15, 0.2) is 24.3 Å². The Balaban J connectivity index is 3.05. The lowest BCUT2D eigenvalue weighted by atomic mass is 9.95. The molecule has 0 saturated carbocycles. The van der Waals surface area contributed by atoms with Crippen LogP contribution >= 0.6 is 11.6 Å². The Morgan fingerprint density at radius 2 is 2.11 bits per heavy atom. The van der Waals surface area contributed by atoms with Crippen molar-refractivity contribution in [2.24, 2.45) is 5.73 Å². The van der Waals surface area contributed by atoms with E-state index in [-0.39, 0.29) is 24.7 Å². The van der Waals surface area contributed by atoms with Crippen molar-refractivity contribution in [3.63, 3.8) is 0 Å². The second kappa shape index (κ2) is 7.10. The van der Waals surface area contributed by atoms with Crippen LogP contribution in [0.5, 0.6) is 0 Å². The smallest absolute Gasteiger partial charge is 0.0584 e. The van der Waals surface area contributed by atoms with Crippen LogP contribution < -0.4 is 5.73 Å². The van der Waals surface area contributed by atoms with Gasteiger partial charge in [0.2, 0.25) is 0 Å². The van der Waals surface area contributed by atoms with Crippen molar-refractivity contribution in [3.8, 4) is 0 Å². The van der Waals surface area contributed by atoms with Gasteiger partial charge in [-0.2, -0.15) is 0 Å². The molecule has 0 aliphatic heterocycles. The Bertz CT molecular complexity index is 373. The van der Waals surface area contributed by atoms with Gasteiger partial charge in [-0.15, -0.1) is 0 Å². The molecule has 1 aromatic carbocycles. The molecule has 18 heavy (non-hydrogen) atoms. The van der Waals surface area contributed by atoms with Crippen molar-refractivity contribution in [1.82, 2.24) is 4.90 Å². The van der Waals surface area contributed by atoms with Gasteiger partial charge in [0.15, 0.2) is 0 Å². The van der Waals surface area contributed by atoms with E-state index in [4.69, 9.17) is 17.3 Å². The highest BCUT2D eigenvalue weighted by atomic mass is 35.5. The van der Waals surface area contributed by atoms with Gasteiger partial charge in [-0.05, 0) is 38.1 Å². The lowest BCUT2D eigenvalue weighted by molar-refractivity contribution is 0.105. The number of nitrogens with zero attached hydrogens (tertiary/aromatic N) is 1. The minimum absolute atomic E-state index is 0.0162. The molecule has 0 amide bonds. The third-order valence-corrected chi connectivity index (χ3v) is 3.70. The summed E-state index contributed by atoms with van der Waals surface area (Å²) in [7, 11) is 1.99. The Morgan fingerprint density at radius 1 is 1.44 bits per heavy atom. The summed E-state index contributed by atoms with van der Waals surface area (Å²) >= 11 is 6.05. The zero-order chi connectivity index (χ0) is 13.7. The fraction of sp³-hybridized carbons (Fsp3) is 0.571. The van der Waals surface area contributed by atoms with E-state index >= 15 is 0 Å². The van der Waals surface area contributed by atoms with E-state index in [9.17, 15) is 5.11 Å². The molecule has 0 fully saturated rings. The molecule has 1 rings (SSSR count). The first-order valence-corrected chi connectivity index (χ1v) is 6.72. The lowest BCUT2D eigenvalue weighted by Gasteiger charge is -2.36. The molecule has 0 aliphatic rings. The number of aliphatic hydroxyl groups is 1. The van der Waals surface area contributed by atoms with Crippen LogP contribution in [0.1, 0.15) is 31.9 Å². The largest absolute Gasteiger partial charge is 0.395 e. The Labute approximate surface area is 115 Å². The molecular formula is C14H23ClN2O. The number of nitrogens with two attached hydrogens (primary N) is 1. The minimum atomic E-state index is 0.0162. The summed E-state index contributed by atoms with van der Waals surface area (Å²) in [6.45, 7) is 4.17. The molecule has 0 saturated heterocycles. The molecule has 0 aliphatic carbocycles. The molecule has 102 valence electrons. The molecule has 4 heteroatoms. The molecule has 3 unspecified atom stereocenters. The van der Waals surface area contributed by atoms with Crippen molar-refractivity contribution in [2.75, 3.05) is 13.7 Å². The van der Waals surface area contributed by atoms with Crippen molar-refractivity contribution < 1.29 is 5.11 Å². The zero-order valence-electron chi connectivity index (χ0n) is 11.3. The number of likely N-dealkylation sites (N-methyl/N-ethyl adjacent to an activating group) is 1. The summed E-state index contributed by atoms with van der Waals surface area (Å²) in [6, 6.07) is 7.92. The highest BCUT2D eigenvalue weighted by Crippen LogP contribution is 2.27. The number of hydrogen-bond acceptors (Lipinski definition) is 3. The fourth-order valence-electron chi connectivity index (χ4n) is 2.10. The molecule has 3 atom stereocenters. The highest BCUT2D eigenvalue weighted by molar-refractivity contribution is 6.30. The Morgan fingerprint density at radius 3 is 2.61 bits per heavy atom. The molecule has 0 bridgehead atoms. The minimum Gasteiger partial charge on any atom is -0.395 e. The van der Waals surface area contributed by atoms with Gasteiger partial charge in [0.25, 0.3) is 0 Å². The molecule has 1 aromatic rings. The Hall–Kier alpha value is -0.610. The van der Waals surface area contributed by atoms with E-state index in [0.717, 1.165) is 12.0 Å². The highest BCUT2D eigenvalue weighted by Gasteiger charge is 2.26. The summed E-state index contributed by atoms with van der Waals surface area (Å²) in [4.78, 5) is 2.11. The van der Waals surface area contributed by atoms with E-state index in [1.165, 1.54) is 0 Å². The normalized spacial score (nSPS) is 16.6. The van der Waals surface area contributed by atoms with Gasteiger partial charge in [-0.1, -0.05) is 30.7 Å². The van der Waals surface area contributed by atoms with Crippen LogP contribution in [0, 0.1) is 0 Å². The average molecular weight is 271 g/mol. The quantitative estimate of drug-likeness (QED) is 0.835. The van der Waals surface area contributed by atoms with Crippen molar-refractivity contribution in [1.29, 1.82) is 0 Å². The van der Waals surface area contributed by atoms with E-state index in [1.54, 1.807) is 0 Å². The molecule has 0 spiro atoms. The van der Waals surface area contributed by atoms with Crippen LogP contribution in [0.3, 0.4) is 0 Å². The first-order chi connectivity index (χ1) is 8.51. The number of rotatable bonds is 6. The maximum atomic E-state index is 9.30.